The number of hydrogen-bond acceptors (Lipinski definition) is 5. The van der Waals surface area contributed by atoms with Gasteiger partial charge in [-0.15, -0.1) is 0 Å². The van der Waals surface area contributed by atoms with Crippen LogP contribution in [0.2, 0.25) is 0 Å². The summed E-state index contributed by atoms with van der Waals surface area (Å²) in [5, 5.41) is 4.06. The lowest BCUT2D eigenvalue weighted by molar-refractivity contribution is 0.0601. The molecule has 96 valence electrons. The van der Waals surface area contributed by atoms with E-state index in [0.29, 0.717) is 22.6 Å². The van der Waals surface area contributed by atoms with Crippen LogP contribution >= 0.6 is 0 Å². The van der Waals surface area contributed by atoms with Gasteiger partial charge in [0.05, 0.1) is 24.4 Å². The van der Waals surface area contributed by atoms with Crippen LogP contribution in [0.5, 0.6) is 0 Å². The molecule has 0 radical (unpaired) electrons. The van der Waals surface area contributed by atoms with E-state index in [-0.39, 0.29) is 0 Å². The second-order valence-corrected chi connectivity index (χ2v) is 4.10. The average Bonchev–Trinajstić information content (AvgIpc) is 3.02. The van der Waals surface area contributed by atoms with E-state index in [1.807, 2.05) is 13.2 Å². The number of hydrogen-bond donors (Lipinski definition) is 0. The third-order valence-corrected chi connectivity index (χ3v) is 2.76. The van der Waals surface area contributed by atoms with Crippen LogP contribution in [0.3, 0.4) is 0 Å². The van der Waals surface area contributed by atoms with Crippen molar-refractivity contribution in [1.29, 1.82) is 0 Å². The van der Waals surface area contributed by atoms with Gasteiger partial charge in [0.15, 0.2) is 5.58 Å². The zero-order valence-electron chi connectivity index (χ0n) is 10.5. The first-order chi connectivity index (χ1) is 9.17. The lowest BCUT2D eigenvalue weighted by Gasteiger charge is -1.96. The van der Waals surface area contributed by atoms with Crippen LogP contribution < -0.4 is 0 Å². The van der Waals surface area contributed by atoms with Crippen molar-refractivity contribution < 1.29 is 13.9 Å². The van der Waals surface area contributed by atoms with Crippen molar-refractivity contribution in [2.45, 2.75) is 0 Å². The summed E-state index contributed by atoms with van der Waals surface area (Å²) >= 11 is 0. The summed E-state index contributed by atoms with van der Waals surface area (Å²) in [5.41, 5.74) is 2.45. The molecular formula is C13H11N3O3. The molecule has 3 aromatic rings. The van der Waals surface area contributed by atoms with Crippen LogP contribution in [0.15, 0.2) is 35.0 Å². The molecule has 0 aliphatic heterocycles. The molecule has 0 aliphatic rings. The van der Waals surface area contributed by atoms with E-state index < -0.39 is 5.97 Å². The predicted octanol–water partition coefficient (Wildman–Crippen LogP) is 2.01. The number of carbonyl (C=O) groups excluding carboxylic acids is 1. The summed E-state index contributed by atoms with van der Waals surface area (Å²) in [6.07, 6.45) is 3.48. The van der Waals surface area contributed by atoms with E-state index in [1.54, 1.807) is 29.1 Å². The highest BCUT2D eigenvalue weighted by Gasteiger charge is 2.12. The van der Waals surface area contributed by atoms with E-state index in [1.165, 1.54) is 7.11 Å². The Balaban J connectivity index is 2.08. The van der Waals surface area contributed by atoms with Crippen LogP contribution in [-0.4, -0.2) is 27.8 Å². The molecule has 6 nitrogen and oxygen atoms in total. The summed E-state index contributed by atoms with van der Waals surface area (Å²) in [6.45, 7) is 0. The molecule has 1 aromatic carbocycles. The third-order valence-electron chi connectivity index (χ3n) is 2.76. The number of aryl methyl sites for hydroxylation is 1. The van der Waals surface area contributed by atoms with Crippen molar-refractivity contribution in [2.75, 3.05) is 7.11 Å². The van der Waals surface area contributed by atoms with Crippen molar-refractivity contribution in [2.24, 2.45) is 7.05 Å². The molecule has 6 heteroatoms. The van der Waals surface area contributed by atoms with Crippen LogP contribution in [-0.2, 0) is 11.8 Å². The van der Waals surface area contributed by atoms with E-state index in [0.717, 1.165) is 5.56 Å². The van der Waals surface area contributed by atoms with Gasteiger partial charge in [-0.25, -0.2) is 9.78 Å². The molecule has 0 saturated heterocycles. The maximum absolute atomic E-state index is 11.4. The monoisotopic (exact) mass is 257 g/mol. The number of methoxy groups -OCH3 is 1. The number of fused-ring (bicyclic) bond motifs is 1. The summed E-state index contributed by atoms with van der Waals surface area (Å²) < 4.78 is 12.0. The van der Waals surface area contributed by atoms with Gasteiger partial charge in [0.2, 0.25) is 5.89 Å². The van der Waals surface area contributed by atoms with Gasteiger partial charge in [0, 0.05) is 13.2 Å². The van der Waals surface area contributed by atoms with Crippen molar-refractivity contribution in [1.82, 2.24) is 14.8 Å². The number of nitrogens with zero attached hydrogens (tertiary/aromatic N) is 3. The van der Waals surface area contributed by atoms with E-state index >= 15 is 0 Å². The normalized spacial score (nSPS) is 10.8. The topological polar surface area (TPSA) is 70.2 Å². The number of oxazole rings is 1. The average molecular weight is 257 g/mol. The first kappa shape index (κ1) is 11.5. The molecule has 0 saturated carbocycles. The maximum Gasteiger partial charge on any atom is 0.337 e. The van der Waals surface area contributed by atoms with Gasteiger partial charge in [0.25, 0.3) is 0 Å². The first-order valence-electron chi connectivity index (χ1n) is 5.65. The molecule has 0 bridgehead atoms. The molecule has 2 aromatic heterocycles. The second kappa shape index (κ2) is 4.24. The number of benzene rings is 1. The predicted molar refractivity (Wildman–Crippen MR) is 67.6 cm³/mol. The molecule has 0 amide bonds. The summed E-state index contributed by atoms with van der Waals surface area (Å²) in [7, 11) is 3.16. The van der Waals surface area contributed by atoms with Gasteiger partial charge < -0.3 is 9.15 Å². The quantitative estimate of drug-likeness (QED) is 0.657. The van der Waals surface area contributed by atoms with Gasteiger partial charge in [-0.2, -0.15) is 5.10 Å². The highest BCUT2D eigenvalue weighted by molar-refractivity contribution is 5.93. The maximum atomic E-state index is 11.4. The fourth-order valence-electron chi connectivity index (χ4n) is 1.82. The lowest BCUT2D eigenvalue weighted by atomic mass is 10.2. The van der Waals surface area contributed by atoms with Crippen molar-refractivity contribution in [3.63, 3.8) is 0 Å². The lowest BCUT2D eigenvalue weighted by Crippen LogP contribution is -2.00. The Morgan fingerprint density at radius 3 is 2.95 bits per heavy atom. The standard InChI is InChI=1S/C13H11N3O3/c1-16-7-9(6-14-16)12-15-10-4-3-8(13(17)18-2)5-11(10)19-12/h3-7H,1-2H3. The minimum absolute atomic E-state index is 0.402. The number of ether oxygens (including phenoxy) is 1. The number of aromatic nitrogens is 3. The van der Waals surface area contributed by atoms with Crippen molar-refractivity contribution in [3.05, 3.63) is 36.2 Å². The summed E-state index contributed by atoms with van der Waals surface area (Å²) in [6, 6.07) is 5.00. The van der Waals surface area contributed by atoms with Crippen molar-refractivity contribution in [3.8, 4) is 11.5 Å². The second-order valence-electron chi connectivity index (χ2n) is 4.10. The molecule has 0 unspecified atom stereocenters. The van der Waals surface area contributed by atoms with Gasteiger partial charge in [0.1, 0.15) is 5.52 Å². The Morgan fingerprint density at radius 2 is 2.26 bits per heavy atom. The Labute approximate surface area is 108 Å². The Bertz CT molecular complexity index is 757. The molecule has 0 fully saturated rings. The largest absolute Gasteiger partial charge is 0.465 e. The van der Waals surface area contributed by atoms with Gasteiger partial charge in [-0.1, -0.05) is 0 Å². The molecule has 19 heavy (non-hydrogen) atoms. The summed E-state index contributed by atoms with van der Waals surface area (Å²) in [5.74, 6) is 0.0753. The summed E-state index contributed by atoms with van der Waals surface area (Å²) in [4.78, 5) is 15.8. The van der Waals surface area contributed by atoms with E-state index in [9.17, 15) is 4.79 Å². The zero-order chi connectivity index (χ0) is 13.4. The Hall–Kier alpha value is -2.63. The third kappa shape index (κ3) is 1.97. The smallest absolute Gasteiger partial charge is 0.337 e. The first-order valence-corrected chi connectivity index (χ1v) is 5.65. The molecule has 3 rings (SSSR count). The molecule has 0 spiro atoms. The highest BCUT2D eigenvalue weighted by Crippen LogP contribution is 2.24. The Morgan fingerprint density at radius 1 is 1.42 bits per heavy atom. The van der Waals surface area contributed by atoms with Gasteiger partial charge >= 0.3 is 5.97 Å². The Kier molecular flexibility index (Phi) is 2.56. The molecular weight excluding hydrogens is 246 g/mol. The number of esters is 1. The van der Waals surface area contributed by atoms with Crippen molar-refractivity contribution >= 4 is 17.1 Å². The van der Waals surface area contributed by atoms with Crippen LogP contribution in [0, 0.1) is 0 Å². The van der Waals surface area contributed by atoms with Gasteiger partial charge in [-0.3, -0.25) is 4.68 Å². The minimum atomic E-state index is -0.402. The zero-order valence-corrected chi connectivity index (χ0v) is 10.5. The molecule has 0 aliphatic carbocycles. The molecule has 0 atom stereocenters. The fourth-order valence-corrected chi connectivity index (χ4v) is 1.82. The molecule has 2 heterocycles. The number of rotatable bonds is 2. The van der Waals surface area contributed by atoms with Crippen LogP contribution in [0.4, 0.5) is 0 Å². The fraction of sp³-hybridized carbons (Fsp3) is 0.154. The van der Waals surface area contributed by atoms with Crippen LogP contribution in [0.1, 0.15) is 10.4 Å². The van der Waals surface area contributed by atoms with E-state index in [2.05, 4.69) is 14.8 Å². The number of carbonyl (C=O) groups is 1. The highest BCUT2D eigenvalue weighted by atomic mass is 16.5. The minimum Gasteiger partial charge on any atom is -0.465 e. The molecule has 0 N–H and O–H groups in total. The van der Waals surface area contributed by atoms with Crippen LogP contribution in [0.25, 0.3) is 22.6 Å². The SMILES string of the molecule is COC(=O)c1ccc2nc(-c3cnn(C)c3)oc2c1. The van der Waals surface area contributed by atoms with E-state index in [4.69, 9.17) is 4.42 Å². The van der Waals surface area contributed by atoms with Gasteiger partial charge in [-0.05, 0) is 18.2 Å².